The number of esters is 2. The molecule has 1 fully saturated rings. The quantitative estimate of drug-likeness (QED) is 0.572. The van der Waals surface area contributed by atoms with Crippen LogP contribution in [0.3, 0.4) is 0 Å². The molecule has 0 bridgehead atoms. The highest BCUT2D eigenvalue weighted by atomic mass is 16.6. The maximum Gasteiger partial charge on any atom is 0.322 e. The van der Waals surface area contributed by atoms with Gasteiger partial charge in [0.1, 0.15) is 5.60 Å². The van der Waals surface area contributed by atoms with Crippen LogP contribution < -0.4 is 5.32 Å². The first-order chi connectivity index (χ1) is 14.1. The number of para-hydroxylation sites is 1. The fourth-order valence-corrected chi connectivity index (χ4v) is 3.76. The van der Waals surface area contributed by atoms with Gasteiger partial charge in [-0.2, -0.15) is 0 Å². The number of amides is 1. The van der Waals surface area contributed by atoms with Crippen LogP contribution in [0.25, 0.3) is 10.9 Å². The minimum Gasteiger partial charge on any atom is -0.468 e. The Balaban J connectivity index is 1.82. The molecule has 2 heterocycles. The molecule has 1 aromatic carbocycles. The summed E-state index contributed by atoms with van der Waals surface area (Å²) in [6.45, 7) is 5.04. The summed E-state index contributed by atoms with van der Waals surface area (Å²) < 4.78 is 10.0. The fourth-order valence-electron chi connectivity index (χ4n) is 3.76. The van der Waals surface area contributed by atoms with Crippen LogP contribution in [-0.2, 0) is 35.1 Å². The molecule has 160 valence electrons. The third-order valence-electron chi connectivity index (χ3n) is 5.15. The van der Waals surface area contributed by atoms with Gasteiger partial charge in [-0.25, -0.2) is 0 Å². The SMILES string of the molecule is COC(=O)C1(CC(=O)OC(C)(C)C)CC(=O)[C@H](Cc2c[nH]c3ccccc23)NC1=O. The maximum atomic E-state index is 13.0. The van der Waals surface area contributed by atoms with E-state index in [9.17, 15) is 19.2 Å². The summed E-state index contributed by atoms with van der Waals surface area (Å²) >= 11 is 0. The van der Waals surface area contributed by atoms with Crippen molar-refractivity contribution in [3.8, 4) is 0 Å². The van der Waals surface area contributed by atoms with Crippen molar-refractivity contribution in [3.63, 3.8) is 0 Å². The third kappa shape index (κ3) is 4.22. The Labute approximate surface area is 174 Å². The molecule has 0 saturated carbocycles. The zero-order valence-electron chi connectivity index (χ0n) is 17.5. The monoisotopic (exact) mass is 414 g/mol. The van der Waals surface area contributed by atoms with Crippen molar-refractivity contribution in [1.29, 1.82) is 0 Å². The molecule has 8 nitrogen and oxygen atoms in total. The molecule has 0 aliphatic carbocycles. The Morgan fingerprint density at radius 2 is 1.90 bits per heavy atom. The van der Waals surface area contributed by atoms with Gasteiger partial charge in [-0.15, -0.1) is 0 Å². The van der Waals surface area contributed by atoms with E-state index in [1.165, 1.54) is 0 Å². The lowest BCUT2D eigenvalue weighted by molar-refractivity contribution is -0.173. The predicted molar refractivity (Wildman–Crippen MR) is 108 cm³/mol. The number of ketones is 1. The molecule has 1 saturated heterocycles. The number of methoxy groups -OCH3 is 1. The first kappa shape index (κ1) is 21.5. The summed E-state index contributed by atoms with van der Waals surface area (Å²) in [4.78, 5) is 53.9. The van der Waals surface area contributed by atoms with Gasteiger partial charge >= 0.3 is 11.9 Å². The lowest BCUT2D eigenvalue weighted by atomic mass is 9.74. The van der Waals surface area contributed by atoms with E-state index in [1.807, 2.05) is 24.3 Å². The van der Waals surface area contributed by atoms with E-state index >= 15 is 0 Å². The number of aromatic nitrogens is 1. The van der Waals surface area contributed by atoms with Crippen molar-refractivity contribution in [2.24, 2.45) is 5.41 Å². The van der Waals surface area contributed by atoms with Gasteiger partial charge in [0.25, 0.3) is 0 Å². The van der Waals surface area contributed by atoms with Gasteiger partial charge < -0.3 is 19.8 Å². The van der Waals surface area contributed by atoms with E-state index in [0.717, 1.165) is 23.6 Å². The minimum absolute atomic E-state index is 0.276. The maximum absolute atomic E-state index is 13.0. The van der Waals surface area contributed by atoms with Crippen LogP contribution in [0.5, 0.6) is 0 Å². The number of hydrogen-bond acceptors (Lipinski definition) is 6. The third-order valence-corrected chi connectivity index (χ3v) is 5.15. The summed E-state index contributed by atoms with van der Waals surface area (Å²) in [5.74, 6) is -2.71. The van der Waals surface area contributed by atoms with E-state index in [2.05, 4.69) is 10.3 Å². The molecule has 1 aliphatic heterocycles. The number of Topliss-reactive ketones (excluding diaryl/α,β-unsaturated/α-hetero) is 1. The average molecular weight is 414 g/mol. The lowest BCUT2D eigenvalue weighted by Gasteiger charge is -2.36. The van der Waals surface area contributed by atoms with Crippen LogP contribution in [0.15, 0.2) is 30.5 Å². The molecule has 2 N–H and O–H groups in total. The molecule has 3 rings (SSSR count). The van der Waals surface area contributed by atoms with Crippen LogP contribution in [0.2, 0.25) is 0 Å². The fraction of sp³-hybridized carbons (Fsp3) is 0.455. The first-order valence-corrected chi connectivity index (χ1v) is 9.75. The summed E-state index contributed by atoms with van der Waals surface area (Å²) in [6, 6.07) is 6.84. The minimum atomic E-state index is -1.93. The molecule has 2 aromatic rings. The number of benzene rings is 1. The highest BCUT2D eigenvalue weighted by molar-refractivity contribution is 6.12. The lowest BCUT2D eigenvalue weighted by Crippen LogP contribution is -2.60. The van der Waals surface area contributed by atoms with Gasteiger partial charge in [-0.05, 0) is 32.4 Å². The van der Waals surface area contributed by atoms with Crippen molar-refractivity contribution in [1.82, 2.24) is 10.3 Å². The van der Waals surface area contributed by atoms with Crippen LogP contribution in [0.1, 0.15) is 39.2 Å². The number of fused-ring (bicyclic) bond motifs is 1. The zero-order chi connectivity index (χ0) is 22.1. The number of carbonyl (C=O) groups is 4. The smallest absolute Gasteiger partial charge is 0.322 e. The molecule has 2 atom stereocenters. The van der Waals surface area contributed by atoms with E-state index in [-0.39, 0.29) is 12.2 Å². The Hall–Kier alpha value is -3.16. The van der Waals surface area contributed by atoms with E-state index in [4.69, 9.17) is 9.47 Å². The van der Waals surface area contributed by atoms with Crippen LogP contribution >= 0.6 is 0 Å². The molecule has 30 heavy (non-hydrogen) atoms. The van der Waals surface area contributed by atoms with Crippen molar-refractivity contribution >= 4 is 34.5 Å². The van der Waals surface area contributed by atoms with Gasteiger partial charge in [-0.3, -0.25) is 19.2 Å². The highest BCUT2D eigenvalue weighted by Crippen LogP contribution is 2.35. The number of rotatable bonds is 5. The second kappa shape index (κ2) is 7.93. The van der Waals surface area contributed by atoms with Crippen molar-refractivity contribution in [3.05, 3.63) is 36.0 Å². The number of piperidine rings is 1. The van der Waals surface area contributed by atoms with Crippen LogP contribution in [-0.4, -0.2) is 47.4 Å². The van der Waals surface area contributed by atoms with Gasteiger partial charge in [0.2, 0.25) is 5.91 Å². The molecule has 1 aliphatic rings. The van der Waals surface area contributed by atoms with Gasteiger partial charge in [0, 0.05) is 29.9 Å². The standard InChI is InChI=1S/C22H26N2O6/c1-21(2,3)30-18(26)11-22(20(28)29-4)10-17(25)16(24-19(22)27)9-13-12-23-15-8-6-5-7-14(13)15/h5-8,12,16,23H,9-11H2,1-4H3,(H,24,27)/t16-,22?/m0/s1. The largest absolute Gasteiger partial charge is 0.468 e. The van der Waals surface area contributed by atoms with E-state index < -0.39 is 47.7 Å². The molecule has 8 heteroatoms. The molecule has 1 unspecified atom stereocenters. The number of H-pyrrole nitrogens is 1. The normalized spacial score (nSPS) is 21.9. The van der Waals surface area contributed by atoms with Crippen molar-refractivity contribution in [2.45, 2.75) is 51.7 Å². The van der Waals surface area contributed by atoms with Crippen LogP contribution in [0, 0.1) is 5.41 Å². The van der Waals surface area contributed by atoms with Crippen molar-refractivity contribution < 1.29 is 28.7 Å². The second-order valence-electron chi connectivity index (χ2n) is 8.57. The van der Waals surface area contributed by atoms with E-state index in [1.54, 1.807) is 27.0 Å². The Morgan fingerprint density at radius 1 is 1.20 bits per heavy atom. The molecule has 0 radical (unpaired) electrons. The topological polar surface area (TPSA) is 115 Å². The van der Waals surface area contributed by atoms with Gasteiger partial charge in [-0.1, -0.05) is 18.2 Å². The summed E-state index contributed by atoms with van der Waals surface area (Å²) in [5, 5.41) is 3.59. The van der Waals surface area contributed by atoms with Crippen molar-refractivity contribution in [2.75, 3.05) is 7.11 Å². The number of nitrogens with one attached hydrogen (secondary N) is 2. The first-order valence-electron chi connectivity index (χ1n) is 9.75. The highest BCUT2D eigenvalue weighted by Gasteiger charge is 2.55. The Morgan fingerprint density at radius 3 is 2.57 bits per heavy atom. The number of aromatic amines is 1. The van der Waals surface area contributed by atoms with Crippen LogP contribution in [0.4, 0.5) is 0 Å². The number of hydrogen-bond donors (Lipinski definition) is 2. The molecule has 0 spiro atoms. The van der Waals surface area contributed by atoms with E-state index in [0.29, 0.717) is 0 Å². The number of carbonyl (C=O) groups excluding carboxylic acids is 4. The second-order valence-corrected chi connectivity index (χ2v) is 8.57. The molecular formula is C22H26N2O6. The number of ether oxygens (including phenoxy) is 2. The average Bonchev–Trinajstić information content (AvgIpc) is 3.06. The zero-order valence-corrected chi connectivity index (χ0v) is 17.5. The molecule has 1 aromatic heterocycles. The summed E-state index contributed by atoms with van der Waals surface area (Å²) in [5.41, 5.74) is -0.912. The summed E-state index contributed by atoms with van der Waals surface area (Å²) in [7, 11) is 1.12. The summed E-state index contributed by atoms with van der Waals surface area (Å²) in [6.07, 6.45) is 1.09. The predicted octanol–water partition coefficient (Wildman–Crippen LogP) is 2.06. The molecule has 1 amide bonds. The van der Waals surface area contributed by atoms with Gasteiger partial charge in [0.05, 0.1) is 19.6 Å². The molecular weight excluding hydrogens is 388 g/mol. The Bertz CT molecular complexity index is 1000. The van der Waals surface area contributed by atoms with Gasteiger partial charge in [0.15, 0.2) is 11.2 Å². The Kier molecular flexibility index (Phi) is 5.70.